The summed E-state index contributed by atoms with van der Waals surface area (Å²) in [5.41, 5.74) is 1.67. The first kappa shape index (κ1) is 25.2. The van der Waals surface area contributed by atoms with E-state index in [0.717, 1.165) is 11.8 Å². The molecule has 0 aliphatic heterocycles. The van der Waals surface area contributed by atoms with Gasteiger partial charge < -0.3 is 5.32 Å². The predicted molar refractivity (Wildman–Crippen MR) is 147 cm³/mol. The second kappa shape index (κ2) is 10.1. The van der Waals surface area contributed by atoms with Crippen molar-refractivity contribution in [3.05, 3.63) is 111 Å². The minimum atomic E-state index is -0.723. The number of anilines is 1. The van der Waals surface area contributed by atoms with Gasteiger partial charge in [-0.3, -0.25) is 23.6 Å². The second-order valence-corrected chi connectivity index (χ2v) is 10.0. The summed E-state index contributed by atoms with van der Waals surface area (Å²) in [5.74, 6) is -0.856. The standard InChI is InChI=1S/C28H24FN5O3S/c1-17-24(27(37)34(32(17)3)21-9-5-4-6-10-21)31-25(35)18(2)38-28-30-23-12-8-7-11-22(23)26(36)33(28)20-15-13-19(29)14-16-20/h4-16,18H,1-3H3,(H,31,35)/t18-/m1/s1. The summed E-state index contributed by atoms with van der Waals surface area (Å²) < 4.78 is 18.1. The first-order valence-electron chi connectivity index (χ1n) is 11.9. The SMILES string of the molecule is Cc1c(NC(=O)[C@@H](C)Sc2nc3ccccc3c(=O)n2-c2ccc(F)cc2)c(=O)n(-c2ccccc2)n1C. The van der Waals surface area contributed by atoms with E-state index in [1.807, 2.05) is 30.3 Å². The fourth-order valence-corrected chi connectivity index (χ4v) is 5.08. The number of hydrogen-bond acceptors (Lipinski definition) is 5. The van der Waals surface area contributed by atoms with Crippen molar-refractivity contribution in [3.8, 4) is 11.4 Å². The predicted octanol–water partition coefficient (Wildman–Crippen LogP) is 4.44. The third-order valence-electron chi connectivity index (χ3n) is 6.28. The molecular formula is C28H24FN5O3S. The molecule has 0 bridgehead atoms. The van der Waals surface area contributed by atoms with Crippen LogP contribution in [0, 0.1) is 12.7 Å². The number of carbonyl (C=O) groups is 1. The number of amides is 1. The van der Waals surface area contributed by atoms with Gasteiger partial charge >= 0.3 is 0 Å². The lowest BCUT2D eigenvalue weighted by atomic mass is 10.2. The van der Waals surface area contributed by atoms with Crippen LogP contribution in [0.15, 0.2) is 93.6 Å². The molecule has 3 aromatic carbocycles. The zero-order chi connectivity index (χ0) is 27.0. The Kier molecular flexibility index (Phi) is 6.73. The summed E-state index contributed by atoms with van der Waals surface area (Å²) in [5, 5.41) is 2.72. The number of nitrogens with one attached hydrogen (secondary N) is 1. The lowest BCUT2D eigenvalue weighted by Gasteiger charge is -2.16. The van der Waals surface area contributed by atoms with E-state index in [2.05, 4.69) is 10.3 Å². The molecule has 10 heteroatoms. The Labute approximate surface area is 221 Å². The summed E-state index contributed by atoms with van der Waals surface area (Å²) in [6.45, 7) is 3.43. The number of aromatic nitrogens is 4. The van der Waals surface area contributed by atoms with E-state index >= 15 is 0 Å². The van der Waals surface area contributed by atoms with Gasteiger partial charge in [0, 0.05) is 7.05 Å². The Morgan fingerprint density at radius 3 is 2.29 bits per heavy atom. The molecule has 192 valence electrons. The monoisotopic (exact) mass is 529 g/mol. The van der Waals surface area contributed by atoms with Gasteiger partial charge in [-0.25, -0.2) is 14.1 Å². The number of nitrogens with zero attached hydrogens (tertiary/aromatic N) is 4. The van der Waals surface area contributed by atoms with Crippen LogP contribution >= 0.6 is 11.8 Å². The summed E-state index contributed by atoms with van der Waals surface area (Å²) in [7, 11) is 1.75. The van der Waals surface area contributed by atoms with Crippen LogP contribution < -0.4 is 16.4 Å². The third-order valence-corrected chi connectivity index (χ3v) is 7.34. The minimum Gasteiger partial charge on any atom is -0.319 e. The van der Waals surface area contributed by atoms with Crippen LogP contribution in [-0.2, 0) is 11.8 Å². The number of thioether (sulfide) groups is 1. The van der Waals surface area contributed by atoms with Gasteiger partial charge in [0.05, 0.1) is 33.2 Å². The molecule has 0 aliphatic carbocycles. The molecule has 0 aliphatic rings. The van der Waals surface area contributed by atoms with Gasteiger partial charge in [-0.2, -0.15) is 0 Å². The van der Waals surface area contributed by atoms with Crippen molar-refractivity contribution in [2.45, 2.75) is 24.3 Å². The van der Waals surface area contributed by atoms with Gasteiger partial charge in [0.15, 0.2) is 5.16 Å². The Morgan fingerprint density at radius 2 is 1.58 bits per heavy atom. The molecule has 38 heavy (non-hydrogen) atoms. The first-order valence-corrected chi connectivity index (χ1v) is 12.7. The van der Waals surface area contributed by atoms with Gasteiger partial charge in [-0.05, 0) is 62.4 Å². The van der Waals surface area contributed by atoms with Crippen molar-refractivity contribution in [2.24, 2.45) is 7.05 Å². The molecule has 1 N–H and O–H groups in total. The third kappa shape index (κ3) is 4.54. The van der Waals surface area contributed by atoms with E-state index in [1.54, 1.807) is 49.8 Å². The average molecular weight is 530 g/mol. The number of halogens is 1. The van der Waals surface area contributed by atoms with Crippen LogP contribution in [0.1, 0.15) is 12.6 Å². The van der Waals surface area contributed by atoms with Crippen molar-refractivity contribution in [3.63, 3.8) is 0 Å². The van der Waals surface area contributed by atoms with Gasteiger partial charge in [0.2, 0.25) is 5.91 Å². The van der Waals surface area contributed by atoms with Crippen molar-refractivity contribution in [2.75, 3.05) is 5.32 Å². The summed E-state index contributed by atoms with van der Waals surface area (Å²) in [6, 6.07) is 21.6. The van der Waals surface area contributed by atoms with Gasteiger partial charge in [0.1, 0.15) is 11.5 Å². The van der Waals surface area contributed by atoms with Crippen molar-refractivity contribution >= 4 is 34.3 Å². The van der Waals surface area contributed by atoms with E-state index < -0.39 is 17.0 Å². The Bertz CT molecular complexity index is 1780. The highest BCUT2D eigenvalue weighted by molar-refractivity contribution is 8.00. The average Bonchev–Trinajstić information content (AvgIpc) is 3.13. The summed E-state index contributed by atoms with van der Waals surface area (Å²) in [4.78, 5) is 44.5. The molecule has 0 spiro atoms. The highest BCUT2D eigenvalue weighted by atomic mass is 32.2. The first-order chi connectivity index (χ1) is 18.3. The van der Waals surface area contributed by atoms with E-state index in [9.17, 15) is 18.8 Å². The van der Waals surface area contributed by atoms with Crippen LogP contribution in [0.4, 0.5) is 10.1 Å². The molecule has 0 fully saturated rings. The maximum Gasteiger partial charge on any atom is 0.295 e. The van der Waals surface area contributed by atoms with Crippen LogP contribution in [0.5, 0.6) is 0 Å². The molecule has 5 rings (SSSR count). The van der Waals surface area contributed by atoms with Crippen molar-refractivity contribution < 1.29 is 9.18 Å². The Hall–Kier alpha value is -4.44. The summed E-state index contributed by atoms with van der Waals surface area (Å²) in [6.07, 6.45) is 0. The van der Waals surface area contributed by atoms with E-state index in [0.29, 0.717) is 28.0 Å². The number of rotatable bonds is 6. The van der Waals surface area contributed by atoms with E-state index in [4.69, 9.17) is 0 Å². The Balaban J connectivity index is 1.49. The molecule has 2 heterocycles. The molecule has 5 aromatic rings. The number of carbonyl (C=O) groups excluding carboxylic acids is 1. The molecule has 2 aromatic heterocycles. The van der Waals surface area contributed by atoms with E-state index in [-0.39, 0.29) is 22.0 Å². The molecular weight excluding hydrogens is 505 g/mol. The van der Waals surface area contributed by atoms with Crippen LogP contribution in [0.25, 0.3) is 22.3 Å². The molecule has 0 saturated carbocycles. The zero-order valence-corrected chi connectivity index (χ0v) is 21.7. The largest absolute Gasteiger partial charge is 0.319 e. The number of hydrogen-bond donors (Lipinski definition) is 1. The van der Waals surface area contributed by atoms with Crippen LogP contribution in [0.3, 0.4) is 0 Å². The van der Waals surface area contributed by atoms with Gasteiger partial charge in [-0.1, -0.05) is 42.1 Å². The highest BCUT2D eigenvalue weighted by Crippen LogP contribution is 2.26. The number of benzene rings is 3. The molecule has 0 radical (unpaired) electrons. The van der Waals surface area contributed by atoms with E-state index in [1.165, 1.54) is 33.5 Å². The lowest BCUT2D eigenvalue weighted by molar-refractivity contribution is -0.115. The minimum absolute atomic E-state index is 0.177. The molecule has 8 nitrogen and oxygen atoms in total. The summed E-state index contributed by atoms with van der Waals surface area (Å²) >= 11 is 1.08. The molecule has 0 saturated heterocycles. The topological polar surface area (TPSA) is 90.9 Å². The van der Waals surface area contributed by atoms with Crippen LogP contribution in [-0.4, -0.2) is 30.1 Å². The molecule has 1 atom stereocenters. The van der Waals surface area contributed by atoms with Crippen molar-refractivity contribution in [1.29, 1.82) is 0 Å². The smallest absolute Gasteiger partial charge is 0.295 e. The lowest BCUT2D eigenvalue weighted by Crippen LogP contribution is -2.28. The quantitative estimate of drug-likeness (QED) is 0.259. The maximum atomic E-state index is 13.6. The fraction of sp³-hybridized carbons (Fsp3) is 0.143. The number of para-hydroxylation sites is 2. The number of fused-ring (bicyclic) bond motifs is 1. The maximum absolute atomic E-state index is 13.6. The normalized spacial score (nSPS) is 12.0. The molecule has 1 amide bonds. The fourth-order valence-electron chi connectivity index (χ4n) is 4.16. The second-order valence-electron chi connectivity index (χ2n) is 8.71. The van der Waals surface area contributed by atoms with Gasteiger partial charge in [0.25, 0.3) is 11.1 Å². The molecule has 0 unspecified atom stereocenters. The van der Waals surface area contributed by atoms with Gasteiger partial charge in [-0.15, -0.1) is 0 Å². The van der Waals surface area contributed by atoms with Crippen molar-refractivity contribution in [1.82, 2.24) is 18.9 Å². The zero-order valence-electron chi connectivity index (χ0n) is 20.9. The highest BCUT2D eigenvalue weighted by Gasteiger charge is 2.24. The van der Waals surface area contributed by atoms with Crippen LogP contribution in [0.2, 0.25) is 0 Å². The Morgan fingerprint density at radius 1 is 0.921 bits per heavy atom.